The third kappa shape index (κ3) is 3.32. The Morgan fingerprint density at radius 2 is 1.89 bits per heavy atom. The van der Waals surface area contributed by atoms with Crippen molar-refractivity contribution in [1.82, 2.24) is 9.80 Å². The van der Waals surface area contributed by atoms with Gasteiger partial charge in [0.15, 0.2) is 11.5 Å². The van der Waals surface area contributed by atoms with E-state index in [9.17, 15) is 10.2 Å². The summed E-state index contributed by atoms with van der Waals surface area (Å²) in [5, 5.41) is 23.5. The molecular formula is C31H40N2O3. The summed E-state index contributed by atoms with van der Waals surface area (Å²) in [7, 11) is 2.24. The first kappa shape index (κ1) is 23.1. The van der Waals surface area contributed by atoms with Crippen LogP contribution < -0.4 is 4.74 Å². The molecule has 36 heavy (non-hydrogen) atoms. The van der Waals surface area contributed by atoms with Gasteiger partial charge in [-0.25, -0.2) is 0 Å². The number of piperidine rings is 1. The number of likely N-dealkylation sites (N-methyl/N-ethyl adjacent to an activating group) is 1. The number of unbranched alkanes of at least 4 members (excludes halogenated alkanes) is 1. The monoisotopic (exact) mass is 488 g/mol. The van der Waals surface area contributed by atoms with E-state index in [1.54, 1.807) is 0 Å². The molecule has 2 aromatic rings. The van der Waals surface area contributed by atoms with E-state index >= 15 is 0 Å². The Labute approximate surface area is 215 Å². The Morgan fingerprint density at radius 3 is 2.69 bits per heavy atom. The topological polar surface area (TPSA) is 56.2 Å². The van der Waals surface area contributed by atoms with Crippen LogP contribution in [0.25, 0.3) is 0 Å². The average Bonchev–Trinajstić information content (AvgIpc) is 3.63. The van der Waals surface area contributed by atoms with Crippen LogP contribution in [-0.4, -0.2) is 70.5 Å². The van der Waals surface area contributed by atoms with Crippen molar-refractivity contribution in [2.75, 3.05) is 26.7 Å². The summed E-state index contributed by atoms with van der Waals surface area (Å²) in [6.45, 7) is 3.17. The molecule has 0 radical (unpaired) electrons. The summed E-state index contributed by atoms with van der Waals surface area (Å²) in [5.41, 5.74) is 2.62. The van der Waals surface area contributed by atoms with E-state index in [1.165, 1.54) is 30.4 Å². The minimum Gasteiger partial charge on any atom is -0.504 e. The Hall–Kier alpha value is -2.08. The number of phenols is 1. The Kier molecular flexibility index (Phi) is 5.43. The first-order chi connectivity index (χ1) is 17.5. The molecule has 2 aliphatic heterocycles. The fourth-order valence-corrected chi connectivity index (χ4v) is 8.41. The highest BCUT2D eigenvalue weighted by Gasteiger charge is 2.73. The number of likely N-dealkylation sites (tertiary alicyclic amines) is 1. The molecule has 3 aliphatic carbocycles. The van der Waals surface area contributed by atoms with Crippen LogP contribution in [0.3, 0.4) is 0 Å². The molecule has 2 saturated carbocycles. The molecule has 5 heteroatoms. The van der Waals surface area contributed by atoms with Gasteiger partial charge in [0.1, 0.15) is 6.10 Å². The molecule has 2 N–H and O–H groups in total. The van der Waals surface area contributed by atoms with Gasteiger partial charge < -0.3 is 14.9 Å². The highest BCUT2D eigenvalue weighted by Crippen LogP contribution is 2.66. The van der Waals surface area contributed by atoms with Crippen LogP contribution in [0.1, 0.15) is 61.6 Å². The van der Waals surface area contributed by atoms with Gasteiger partial charge in [0.05, 0.1) is 11.0 Å². The van der Waals surface area contributed by atoms with Crippen molar-refractivity contribution in [3.63, 3.8) is 0 Å². The number of hydrogen-bond donors (Lipinski definition) is 2. The molecular weight excluding hydrogens is 448 g/mol. The molecule has 2 bridgehead atoms. The molecule has 2 heterocycles. The van der Waals surface area contributed by atoms with Crippen LogP contribution in [-0.2, 0) is 18.3 Å². The largest absolute Gasteiger partial charge is 0.504 e. The molecule has 0 unspecified atom stereocenters. The molecule has 7 rings (SSSR count). The molecule has 1 saturated heterocycles. The zero-order valence-electron chi connectivity index (χ0n) is 21.5. The Bertz CT molecular complexity index is 1130. The minimum atomic E-state index is -0.790. The van der Waals surface area contributed by atoms with Crippen LogP contribution in [0.5, 0.6) is 11.5 Å². The van der Waals surface area contributed by atoms with Crippen molar-refractivity contribution in [1.29, 1.82) is 0 Å². The van der Waals surface area contributed by atoms with Gasteiger partial charge in [-0.3, -0.25) is 9.80 Å². The maximum absolute atomic E-state index is 12.6. The number of benzene rings is 2. The Morgan fingerprint density at radius 1 is 1.06 bits per heavy atom. The van der Waals surface area contributed by atoms with Crippen LogP contribution >= 0.6 is 0 Å². The van der Waals surface area contributed by atoms with E-state index in [0.717, 1.165) is 69.6 Å². The molecule has 1 spiro atoms. The number of ether oxygens (including phenoxy) is 1. The number of aliphatic hydroxyl groups is 1. The second-order valence-electron chi connectivity index (χ2n) is 12.3. The zero-order chi connectivity index (χ0) is 24.5. The predicted octanol–water partition coefficient (Wildman–Crippen LogP) is 4.28. The lowest BCUT2D eigenvalue weighted by Gasteiger charge is -2.64. The standard InChI is InChI=1S/C31H40N2O3/c1-32(17-6-5-9-21-7-3-2-4-8-21)24-14-15-31(35)26-19-23-12-13-25(34)28-27(23)30(31,29(24)36-28)16-18-33(26)20-22-10-11-22/h2-4,7-8,12-13,22,24,26,29,34-35H,5-6,9-11,14-20H2,1H3/t24-,26+,29-,30-,31+/m0/s1. The van der Waals surface area contributed by atoms with Gasteiger partial charge in [-0.15, -0.1) is 0 Å². The third-order valence-electron chi connectivity index (χ3n) is 10.4. The van der Waals surface area contributed by atoms with Crippen molar-refractivity contribution in [3.05, 3.63) is 59.2 Å². The van der Waals surface area contributed by atoms with Gasteiger partial charge in [-0.1, -0.05) is 36.4 Å². The van der Waals surface area contributed by atoms with Gasteiger partial charge in [0.2, 0.25) is 0 Å². The van der Waals surface area contributed by atoms with Crippen LogP contribution in [0.2, 0.25) is 0 Å². The van der Waals surface area contributed by atoms with Gasteiger partial charge >= 0.3 is 0 Å². The molecule has 192 valence electrons. The van der Waals surface area contributed by atoms with Crippen LogP contribution in [0, 0.1) is 5.92 Å². The highest BCUT2D eigenvalue weighted by atomic mass is 16.5. The van der Waals surface area contributed by atoms with E-state index < -0.39 is 11.0 Å². The molecule has 5 aliphatic rings. The minimum absolute atomic E-state index is 0.108. The normalized spacial score (nSPS) is 34.5. The van der Waals surface area contributed by atoms with Crippen LogP contribution in [0.4, 0.5) is 0 Å². The van der Waals surface area contributed by atoms with E-state index in [4.69, 9.17) is 4.74 Å². The summed E-state index contributed by atoms with van der Waals surface area (Å²) >= 11 is 0. The van der Waals surface area contributed by atoms with Crippen molar-refractivity contribution >= 4 is 0 Å². The van der Waals surface area contributed by atoms with E-state index in [2.05, 4.69) is 53.2 Å². The van der Waals surface area contributed by atoms with Crippen LogP contribution in [0.15, 0.2) is 42.5 Å². The lowest BCUT2D eigenvalue weighted by atomic mass is 9.48. The fourth-order valence-electron chi connectivity index (χ4n) is 8.41. The maximum atomic E-state index is 12.6. The van der Waals surface area contributed by atoms with Gasteiger partial charge in [0, 0.05) is 24.2 Å². The quantitative estimate of drug-likeness (QED) is 0.544. The number of rotatable bonds is 8. The number of nitrogens with zero attached hydrogens (tertiary/aromatic N) is 2. The molecule has 0 amide bonds. The third-order valence-corrected chi connectivity index (χ3v) is 10.4. The lowest BCUT2D eigenvalue weighted by molar-refractivity contribution is -0.199. The molecule has 2 aromatic carbocycles. The smallest absolute Gasteiger partial charge is 0.165 e. The molecule has 3 fully saturated rings. The zero-order valence-corrected chi connectivity index (χ0v) is 21.5. The van der Waals surface area contributed by atoms with Crippen molar-refractivity contribution in [2.24, 2.45) is 5.92 Å². The van der Waals surface area contributed by atoms with E-state index in [0.29, 0.717) is 5.75 Å². The van der Waals surface area contributed by atoms with Gasteiger partial charge in [0.25, 0.3) is 0 Å². The van der Waals surface area contributed by atoms with Crippen molar-refractivity contribution in [2.45, 2.75) is 87.0 Å². The van der Waals surface area contributed by atoms with Gasteiger partial charge in [-0.2, -0.15) is 0 Å². The summed E-state index contributed by atoms with van der Waals surface area (Å²) in [5.74, 6) is 1.71. The number of hydrogen-bond acceptors (Lipinski definition) is 5. The molecule has 5 nitrogen and oxygen atoms in total. The fraction of sp³-hybridized carbons (Fsp3) is 0.613. The SMILES string of the molecule is CN(CCCCc1ccccc1)[C@H]1CC[C@@]2(O)[C@H]3Cc4ccc(O)c5c4[C@@]2(CCN3CC2CC2)[C@H]1O5. The lowest BCUT2D eigenvalue weighted by Crippen LogP contribution is -2.78. The number of phenolic OH excluding ortho intramolecular Hbond substituents is 1. The van der Waals surface area contributed by atoms with Gasteiger partial charge in [-0.05, 0) is 101 Å². The first-order valence-corrected chi connectivity index (χ1v) is 14.2. The number of aryl methyl sites for hydroxylation is 1. The predicted molar refractivity (Wildman–Crippen MR) is 141 cm³/mol. The summed E-state index contributed by atoms with van der Waals surface area (Å²) in [6.07, 6.45) is 9.53. The second kappa shape index (κ2) is 8.47. The summed E-state index contributed by atoms with van der Waals surface area (Å²) in [6, 6.07) is 15.1. The molecule has 0 aromatic heterocycles. The van der Waals surface area contributed by atoms with E-state index in [-0.39, 0.29) is 23.9 Å². The second-order valence-corrected chi connectivity index (χ2v) is 12.3. The summed E-state index contributed by atoms with van der Waals surface area (Å²) < 4.78 is 6.74. The molecule has 5 atom stereocenters. The highest BCUT2D eigenvalue weighted by molar-refractivity contribution is 5.62. The first-order valence-electron chi connectivity index (χ1n) is 14.2. The van der Waals surface area contributed by atoms with Crippen molar-refractivity contribution in [3.8, 4) is 11.5 Å². The van der Waals surface area contributed by atoms with Crippen molar-refractivity contribution < 1.29 is 14.9 Å². The maximum Gasteiger partial charge on any atom is 0.165 e. The average molecular weight is 489 g/mol. The van der Waals surface area contributed by atoms with E-state index in [1.807, 2.05) is 6.07 Å². The number of aromatic hydroxyl groups is 1. The Balaban J connectivity index is 1.16. The summed E-state index contributed by atoms with van der Waals surface area (Å²) in [4.78, 5) is 5.11.